The van der Waals surface area contributed by atoms with E-state index in [-0.39, 0.29) is 24.2 Å². The summed E-state index contributed by atoms with van der Waals surface area (Å²) in [6.45, 7) is 2.22. The topological polar surface area (TPSA) is 59.2 Å². The molecule has 0 bridgehead atoms. The molecule has 1 aromatic rings. The molecule has 84 valence electrons. The van der Waals surface area contributed by atoms with Crippen LogP contribution in [0.2, 0.25) is 0 Å². The van der Waals surface area contributed by atoms with Crippen molar-refractivity contribution >= 4 is 29.5 Å². The van der Waals surface area contributed by atoms with Crippen LogP contribution in [0.4, 0.5) is 0 Å². The molecule has 1 fully saturated rings. The highest BCUT2D eigenvalue weighted by Crippen LogP contribution is 2.10. The SMILES string of the molecule is Cl.N[C@@H]1CCN(CC(=O)c2nccs2)C1. The number of likely N-dealkylation sites (tertiary alicyclic amines) is 1. The van der Waals surface area contributed by atoms with Gasteiger partial charge in [0.25, 0.3) is 0 Å². The van der Waals surface area contributed by atoms with Crippen LogP contribution in [0.1, 0.15) is 16.2 Å². The van der Waals surface area contributed by atoms with Gasteiger partial charge < -0.3 is 5.73 Å². The van der Waals surface area contributed by atoms with Gasteiger partial charge in [-0.15, -0.1) is 23.7 Å². The summed E-state index contributed by atoms with van der Waals surface area (Å²) in [5, 5.41) is 2.42. The van der Waals surface area contributed by atoms with Gasteiger partial charge in [0.05, 0.1) is 6.54 Å². The van der Waals surface area contributed by atoms with Gasteiger partial charge in [-0.3, -0.25) is 9.69 Å². The maximum atomic E-state index is 11.6. The molecule has 1 atom stereocenters. The fourth-order valence-electron chi connectivity index (χ4n) is 1.64. The van der Waals surface area contributed by atoms with Crippen molar-refractivity contribution in [3.05, 3.63) is 16.6 Å². The molecular weight excluding hydrogens is 234 g/mol. The zero-order valence-corrected chi connectivity index (χ0v) is 9.89. The van der Waals surface area contributed by atoms with Crippen molar-refractivity contribution in [2.75, 3.05) is 19.6 Å². The quantitative estimate of drug-likeness (QED) is 0.802. The first-order chi connectivity index (χ1) is 6.75. The largest absolute Gasteiger partial charge is 0.326 e. The molecule has 6 heteroatoms. The Morgan fingerprint density at radius 1 is 1.73 bits per heavy atom. The van der Waals surface area contributed by atoms with Crippen molar-refractivity contribution in [3.63, 3.8) is 0 Å². The van der Waals surface area contributed by atoms with Gasteiger partial charge in [0.1, 0.15) is 0 Å². The summed E-state index contributed by atoms with van der Waals surface area (Å²) >= 11 is 1.40. The van der Waals surface area contributed by atoms with Gasteiger partial charge in [0, 0.05) is 30.7 Å². The molecule has 2 rings (SSSR count). The second kappa shape index (κ2) is 5.55. The number of hydrogen-bond donors (Lipinski definition) is 1. The van der Waals surface area contributed by atoms with Gasteiger partial charge >= 0.3 is 0 Å². The van der Waals surface area contributed by atoms with E-state index in [1.165, 1.54) is 11.3 Å². The van der Waals surface area contributed by atoms with Gasteiger partial charge in [-0.2, -0.15) is 0 Å². The highest BCUT2D eigenvalue weighted by molar-refractivity contribution is 7.11. The molecule has 1 aliphatic rings. The maximum Gasteiger partial charge on any atom is 0.205 e. The molecule has 1 aromatic heterocycles. The maximum absolute atomic E-state index is 11.6. The zero-order valence-electron chi connectivity index (χ0n) is 8.26. The summed E-state index contributed by atoms with van der Waals surface area (Å²) in [6, 6.07) is 0.235. The molecule has 0 saturated carbocycles. The average Bonchev–Trinajstić information content (AvgIpc) is 2.75. The number of halogens is 1. The number of Topliss-reactive ketones (excluding diaryl/α,β-unsaturated/α-hetero) is 1. The van der Waals surface area contributed by atoms with Crippen molar-refractivity contribution in [2.24, 2.45) is 5.73 Å². The van der Waals surface area contributed by atoms with Gasteiger partial charge in [0.2, 0.25) is 5.78 Å². The van der Waals surface area contributed by atoms with Crippen LogP contribution in [-0.2, 0) is 0 Å². The molecule has 2 N–H and O–H groups in total. The van der Waals surface area contributed by atoms with Crippen molar-refractivity contribution < 1.29 is 4.79 Å². The van der Waals surface area contributed by atoms with Crippen molar-refractivity contribution in [3.8, 4) is 0 Å². The van der Waals surface area contributed by atoms with E-state index in [1.807, 2.05) is 5.38 Å². The molecule has 2 heterocycles. The van der Waals surface area contributed by atoms with Crippen LogP contribution < -0.4 is 5.73 Å². The number of carbonyl (C=O) groups is 1. The lowest BCUT2D eigenvalue weighted by Gasteiger charge is -2.12. The Bertz CT molecular complexity index is 317. The van der Waals surface area contributed by atoms with Crippen molar-refractivity contribution in [2.45, 2.75) is 12.5 Å². The van der Waals surface area contributed by atoms with Crippen LogP contribution in [0.3, 0.4) is 0 Å². The summed E-state index contributed by atoms with van der Waals surface area (Å²) < 4.78 is 0. The third kappa shape index (κ3) is 3.24. The summed E-state index contributed by atoms with van der Waals surface area (Å²) in [6.07, 6.45) is 2.65. The second-order valence-corrected chi connectivity index (χ2v) is 4.44. The summed E-state index contributed by atoms with van der Waals surface area (Å²) in [7, 11) is 0. The van der Waals surface area contributed by atoms with Crippen LogP contribution in [-0.4, -0.2) is 41.3 Å². The minimum atomic E-state index is 0. The third-order valence-electron chi connectivity index (χ3n) is 2.35. The number of ketones is 1. The van der Waals surface area contributed by atoms with Gasteiger partial charge in [0.15, 0.2) is 5.01 Å². The molecule has 15 heavy (non-hydrogen) atoms. The van der Waals surface area contributed by atoms with E-state index in [0.29, 0.717) is 11.6 Å². The molecule has 0 aromatic carbocycles. The highest BCUT2D eigenvalue weighted by atomic mass is 35.5. The fraction of sp³-hybridized carbons (Fsp3) is 0.556. The Balaban J connectivity index is 0.00000112. The fourth-order valence-corrected chi connectivity index (χ4v) is 2.21. The normalized spacial score (nSPS) is 21.3. The molecule has 1 aliphatic heterocycles. The molecule has 1 saturated heterocycles. The van der Waals surface area contributed by atoms with E-state index < -0.39 is 0 Å². The summed E-state index contributed by atoms with van der Waals surface area (Å²) in [4.78, 5) is 17.7. The van der Waals surface area contributed by atoms with E-state index in [2.05, 4.69) is 9.88 Å². The Hall–Kier alpha value is -0.490. The average molecular weight is 248 g/mol. The predicted molar refractivity (Wildman–Crippen MR) is 62.7 cm³/mol. The number of thiazole rings is 1. The molecule has 0 unspecified atom stereocenters. The Kier molecular flexibility index (Phi) is 4.66. The third-order valence-corrected chi connectivity index (χ3v) is 3.16. The molecular formula is C9H14ClN3OS. The number of nitrogens with two attached hydrogens (primary N) is 1. The van der Waals surface area contributed by atoms with Crippen LogP contribution in [0.15, 0.2) is 11.6 Å². The van der Waals surface area contributed by atoms with Gasteiger partial charge in [-0.25, -0.2) is 4.98 Å². The van der Waals surface area contributed by atoms with Crippen molar-refractivity contribution in [1.29, 1.82) is 0 Å². The standard InChI is InChI=1S/C9H13N3OS.ClH/c10-7-1-3-12(5-7)6-8(13)9-11-2-4-14-9;/h2,4,7H,1,3,5-6,10H2;1H/t7-;/m1./s1. The highest BCUT2D eigenvalue weighted by Gasteiger charge is 2.22. The van der Waals surface area contributed by atoms with Crippen LogP contribution in [0, 0.1) is 0 Å². The number of hydrogen-bond acceptors (Lipinski definition) is 5. The first-order valence-electron chi connectivity index (χ1n) is 4.66. The summed E-state index contributed by atoms with van der Waals surface area (Å²) in [5.41, 5.74) is 5.75. The molecule has 0 amide bonds. The van der Waals surface area contributed by atoms with Gasteiger partial charge in [-0.05, 0) is 6.42 Å². The Labute approximate surface area is 98.9 Å². The van der Waals surface area contributed by atoms with Crippen LogP contribution in [0.25, 0.3) is 0 Å². The lowest BCUT2D eigenvalue weighted by Crippen LogP contribution is -2.30. The number of carbonyl (C=O) groups excluding carboxylic acids is 1. The summed E-state index contributed by atoms with van der Waals surface area (Å²) in [5.74, 6) is 0.106. The van der Waals surface area contributed by atoms with Crippen molar-refractivity contribution in [1.82, 2.24) is 9.88 Å². The predicted octanol–water partition coefficient (Wildman–Crippen LogP) is 0.781. The van der Waals surface area contributed by atoms with Crippen LogP contribution >= 0.6 is 23.7 Å². The minimum absolute atomic E-state index is 0. The van der Waals surface area contributed by atoms with Crippen LogP contribution in [0.5, 0.6) is 0 Å². The molecule has 0 spiro atoms. The monoisotopic (exact) mass is 247 g/mol. The first kappa shape index (κ1) is 12.6. The molecule has 4 nitrogen and oxygen atoms in total. The second-order valence-electron chi connectivity index (χ2n) is 3.54. The Morgan fingerprint density at radius 3 is 3.07 bits per heavy atom. The van der Waals surface area contributed by atoms with E-state index in [4.69, 9.17) is 5.73 Å². The van der Waals surface area contributed by atoms with E-state index in [0.717, 1.165) is 19.5 Å². The van der Waals surface area contributed by atoms with E-state index in [9.17, 15) is 4.79 Å². The lowest BCUT2D eigenvalue weighted by atomic mass is 10.3. The van der Waals surface area contributed by atoms with E-state index in [1.54, 1.807) is 6.20 Å². The number of nitrogens with zero attached hydrogens (tertiary/aromatic N) is 2. The molecule has 0 radical (unpaired) electrons. The van der Waals surface area contributed by atoms with E-state index >= 15 is 0 Å². The smallest absolute Gasteiger partial charge is 0.205 e. The number of rotatable bonds is 3. The Morgan fingerprint density at radius 2 is 2.53 bits per heavy atom. The minimum Gasteiger partial charge on any atom is -0.326 e. The lowest BCUT2D eigenvalue weighted by molar-refractivity contribution is 0.0944. The first-order valence-corrected chi connectivity index (χ1v) is 5.54. The van der Waals surface area contributed by atoms with Gasteiger partial charge in [-0.1, -0.05) is 0 Å². The zero-order chi connectivity index (χ0) is 9.97. The molecule has 0 aliphatic carbocycles. The number of aromatic nitrogens is 1.